The van der Waals surface area contributed by atoms with E-state index in [1.807, 2.05) is 0 Å². The number of rotatable bonds is 4. The quantitative estimate of drug-likeness (QED) is 0.811. The van der Waals surface area contributed by atoms with Crippen LogP contribution in [0.5, 0.6) is 0 Å². The summed E-state index contributed by atoms with van der Waals surface area (Å²) in [5.74, 6) is 0.517. The fourth-order valence-electron chi connectivity index (χ4n) is 1.39. The zero-order valence-corrected chi connectivity index (χ0v) is 8.65. The van der Waals surface area contributed by atoms with Crippen molar-refractivity contribution in [1.82, 2.24) is 5.32 Å². The molecule has 0 aliphatic heterocycles. The molecule has 1 aliphatic carbocycles. The molecule has 1 N–H and O–H groups in total. The molecule has 1 aliphatic rings. The fraction of sp³-hybridized carbons (Fsp3) is 0.455. The lowest BCUT2D eigenvalue weighted by Gasteiger charge is -2.04. The average Bonchev–Trinajstić information content (AvgIpc) is 2.95. The summed E-state index contributed by atoms with van der Waals surface area (Å²) in [6, 6.07) is 4.86. The normalized spacial score (nSPS) is 15.9. The Morgan fingerprint density at radius 2 is 2.21 bits per heavy atom. The van der Waals surface area contributed by atoms with Crippen molar-refractivity contribution in [2.45, 2.75) is 19.4 Å². The van der Waals surface area contributed by atoms with Gasteiger partial charge in [0.15, 0.2) is 0 Å². The standard InChI is InChI=1S/C11H13ClFN/c12-10-5-9(3-4-11(10)13)7-14-6-8-1-2-8/h3-5,8,14H,1-2,6-7H2. The summed E-state index contributed by atoms with van der Waals surface area (Å²) in [4.78, 5) is 0. The van der Waals surface area contributed by atoms with E-state index in [-0.39, 0.29) is 10.8 Å². The fourth-order valence-corrected chi connectivity index (χ4v) is 1.60. The van der Waals surface area contributed by atoms with Crippen molar-refractivity contribution in [3.8, 4) is 0 Å². The lowest BCUT2D eigenvalue weighted by molar-refractivity contribution is 0.620. The van der Waals surface area contributed by atoms with E-state index in [1.54, 1.807) is 12.1 Å². The van der Waals surface area contributed by atoms with Gasteiger partial charge in [-0.3, -0.25) is 0 Å². The van der Waals surface area contributed by atoms with Gasteiger partial charge in [0.25, 0.3) is 0 Å². The lowest BCUT2D eigenvalue weighted by atomic mass is 10.2. The van der Waals surface area contributed by atoms with Gasteiger partial charge in [0.05, 0.1) is 5.02 Å². The number of benzene rings is 1. The number of hydrogen-bond acceptors (Lipinski definition) is 1. The van der Waals surface area contributed by atoms with Crippen molar-refractivity contribution in [1.29, 1.82) is 0 Å². The van der Waals surface area contributed by atoms with Gasteiger partial charge in [-0.1, -0.05) is 17.7 Å². The second-order valence-corrected chi connectivity index (χ2v) is 4.23. The highest BCUT2D eigenvalue weighted by molar-refractivity contribution is 6.30. The van der Waals surface area contributed by atoms with E-state index in [2.05, 4.69) is 5.32 Å². The average molecular weight is 214 g/mol. The molecule has 0 radical (unpaired) electrons. The lowest BCUT2D eigenvalue weighted by Crippen LogP contribution is -2.16. The molecule has 1 saturated carbocycles. The molecule has 1 fully saturated rings. The van der Waals surface area contributed by atoms with Gasteiger partial charge < -0.3 is 5.32 Å². The first-order valence-corrected chi connectivity index (χ1v) is 5.28. The molecule has 0 amide bonds. The van der Waals surface area contributed by atoms with Gasteiger partial charge in [-0.25, -0.2) is 4.39 Å². The summed E-state index contributed by atoms with van der Waals surface area (Å²) >= 11 is 5.66. The molecule has 0 atom stereocenters. The third-order valence-corrected chi connectivity index (χ3v) is 2.73. The van der Waals surface area contributed by atoms with Crippen LogP contribution in [0.4, 0.5) is 4.39 Å². The summed E-state index contributed by atoms with van der Waals surface area (Å²) in [6.07, 6.45) is 2.69. The van der Waals surface area contributed by atoms with Crippen LogP contribution in [0.1, 0.15) is 18.4 Å². The molecule has 2 rings (SSSR count). The molecule has 1 aromatic rings. The Kier molecular flexibility index (Phi) is 3.04. The highest BCUT2D eigenvalue weighted by Gasteiger charge is 2.20. The van der Waals surface area contributed by atoms with Gasteiger partial charge in [0.1, 0.15) is 5.82 Å². The van der Waals surface area contributed by atoms with Crippen LogP contribution < -0.4 is 5.32 Å². The Bertz CT molecular complexity index is 323. The number of hydrogen-bond donors (Lipinski definition) is 1. The molecule has 0 unspecified atom stereocenters. The Labute approximate surface area is 88.3 Å². The minimum Gasteiger partial charge on any atom is -0.312 e. The van der Waals surface area contributed by atoms with Crippen LogP contribution in [0.2, 0.25) is 5.02 Å². The van der Waals surface area contributed by atoms with Gasteiger partial charge in [-0.2, -0.15) is 0 Å². The van der Waals surface area contributed by atoms with Crippen molar-refractivity contribution in [2.24, 2.45) is 5.92 Å². The maximum Gasteiger partial charge on any atom is 0.141 e. The molecule has 1 nitrogen and oxygen atoms in total. The minimum atomic E-state index is -0.349. The predicted octanol–water partition coefficient (Wildman–Crippen LogP) is 2.98. The maximum absolute atomic E-state index is 12.8. The van der Waals surface area contributed by atoms with Crippen LogP contribution in [0.3, 0.4) is 0 Å². The first-order valence-electron chi connectivity index (χ1n) is 4.90. The highest BCUT2D eigenvalue weighted by Crippen LogP contribution is 2.27. The molecule has 14 heavy (non-hydrogen) atoms. The SMILES string of the molecule is Fc1ccc(CNCC2CC2)cc1Cl. The molecule has 0 spiro atoms. The Morgan fingerprint density at radius 3 is 2.86 bits per heavy atom. The predicted molar refractivity (Wildman–Crippen MR) is 55.8 cm³/mol. The molecule has 3 heteroatoms. The van der Waals surface area contributed by atoms with E-state index >= 15 is 0 Å². The van der Waals surface area contributed by atoms with E-state index in [4.69, 9.17) is 11.6 Å². The smallest absolute Gasteiger partial charge is 0.141 e. The van der Waals surface area contributed by atoms with E-state index in [0.717, 1.165) is 24.6 Å². The summed E-state index contributed by atoms with van der Waals surface area (Å²) in [5.41, 5.74) is 1.04. The van der Waals surface area contributed by atoms with E-state index in [0.29, 0.717) is 0 Å². The minimum absolute atomic E-state index is 0.204. The molecular weight excluding hydrogens is 201 g/mol. The number of nitrogens with one attached hydrogen (secondary N) is 1. The maximum atomic E-state index is 12.8. The Hall–Kier alpha value is -0.600. The zero-order chi connectivity index (χ0) is 9.97. The first kappa shape index (κ1) is 9.94. The topological polar surface area (TPSA) is 12.0 Å². The van der Waals surface area contributed by atoms with Crippen molar-refractivity contribution < 1.29 is 4.39 Å². The van der Waals surface area contributed by atoms with Gasteiger partial charge >= 0.3 is 0 Å². The van der Waals surface area contributed by atoms with Crippen LogP contribution in [0, 0.1) is 11.7 Å². The second kappa shape index (κ2) is 4.28. The van der Waals surface area contributed by atoms with Gasteiger partial charge in [0.2, 0.25) is 0 Å². The van der Waals surface area contributed by atoms with Crippen LogP contribution in [0.25, 0.3) is 0 Å². The van der Waals surface area contributed by atoms with Crippen LogP contribution in [-0.2, 0) is 6.54 Å². The third kappa shape index (κ3) is 2.69. The van der Waals surface area contributed by atoms with Crippen LogP contribution >= 0.6 is 11.6 Å². The molecule has 1 aromatic carbocycles. The third-order valence-electron chi connectivity index (χ3n) is 2.44. The summed E-state index contributed by atoms with van der Waals surface area (Å²) in [6.45, 7) is 1.84. The summed E-state index contributed by atoms with van der Waals surface area (Å²) in [5, 5.41) is 3.53. The van der Waals surface area contributed by atoms with Crippen molar-refractivity contribution in [2.75, 3.05) is 6.54 Å². The molecule has 0 aromatic heterocycles. The monoisotopic (exact) mass is 213 g/mol. The van der Waals surface area contributed by atoms with Crippen LogP contribution in [0.15, 0.2) is 18.2 Å². The Morgan fingerprint density at radius 1 is 1.43 bits per heavy atom. The molecular formula is C11H13ClFN. The highest BCUT2D eigenvalue weighted by atomic mass is 35.5. The zero-order valence-electron chi connectivity index (χ0n) is 7.89. The molecule has 0 bridgehead atoms. The van der Waals surface area contributed by atoms with Crippen molar-refractivity contribution >= 4 is 11.6 Å². The van der Waals surface area contributed by atoms with Gasteiger partial charge in [0, 0.05) is 6.54 Å². The van der Waals surface area contributed by atoms with Crippen molar-refractivity contribution in [3.63, 3.8) is 0 Å². The summed E-state index contributed by atoms with van der Waals surface area (Å²) in [7, 11) is 0. The summed E-state index contributed by atoms with van der Waals surface area (Å²) < 4.78 is 12.8. The molecule has 0 saturated heterocycles. The van der Waals surface area contributed by atoms with Crippen LogP contribution in [-0.4, -0.2) is 6.54 Å². The molecule has 76 valence electrons. The molecule has 0 heterocycles. The van der Waals surface area contributed by atoms with Crippen molar-refractivity contribution in [3.05, 3.63) is 34.6 Å². The van der Waals surface area contributed by atoms with Gasteiger partial charge in [-0.15, -0.1) is 0 Å². The van der Waals surface area contributed by atoms with E-state index in [9.17, 15) is 4.39 Å². The first-order chi connectivity index (χ1) is 6.75. The number of halogens is 2. The Balaban J connectivity index is 1.85. The second-order valence-electron chi connectivity index (χ2n) is 3.82. The largest absolute Gasteiger partial charge is 0.312 e. The van der Waals surface area contributed by atoms with E-state index < -0.39 is 0 Å². The van der Waals surface area contributed by atoms with Gasteiger partial charge in [-0.05, 0) is 43.0 Å². The van der Waals surface area contributed by atoms with E-state index in [1.165, 1.54) is 18.9 Å².